The molecule has 6 heteroatoms. The standard InChI is InChI=1S/C8H9NO2.C7H13ClO2/c1-5-2-3-7(9)6(4-5)8(10)11;1-2-3-4-5-6-10-7(8)9/h2-4H,9H2,1H3,(H,10,11);2-6H2,1H3. The van der Waals surface area contributed by atoms with E-state index in [2.05, 4.69) is 11.7 Å². The number of aromatic carboxylic acids is 1. The van der Waals surface area contributed by atoms with Crippen LogP contribution in [0, 0.1) is 6.92 Å². The summed E-state index contributed by atoms with van der Waals surface area (Å²) in [7, 11) is 0. The van der Waals surface area contributed by atoms with Crippen molar-refractivity contribution in [1.29, 1.82) is 0 Å². The molecule has 118 valence electrons. The van der Waals surface area contributed by atoms with Crippen LogP contribution in [0.25, 0.3) is 0 Å². The van der Waals surface area contributed by atoms with E-state index < -0.39 is 11.4 Å². The maximum Gasteiger partial charge on any atom is 0.403 e. The largest absolute Gasteiger partial charge is 0.478 e. The molecule has 0 unspecified atom stereocenters. The van der Waals surface area contributed by atoms with Crippen LogP contribution in [0.15, 0.2) is 18.2 Å². The van der Waals surface area contributed by atoms with Crippen LogP contribution in [0.4, 0.5) is 10.5 Å². The number of halogens is 1. The first-order chi connectivity index (χ1) is 9.88. The number of aryl methyl sites for hydroxylation is 1. The smallest absolute Gasteiger partial charge is 0.403 e. The lowest BCUT2D eigenvalue weighted by molar-refractivity contribution is 0.0698. The Balaban J connectivity index is 0.000000384. The minimum atomic E-state index is -0.980. The molecular formula is C15H22ClNO4. The third kappa shape index (κ3) is 9.73. The van der Waals surface area contributed by atoms with Crippen molar-refractivity contribution in [1.82, 2.24) is 0 Å². The summed E-state index contributed by atoms with van der Waals surface area (Å²) in [6, 6.07) is 4.93. The van der Waals surface area contributed by atoms with E-state index in [0.29, 0.717) is 12.3 Å². The SMILES string of the molecule is CCCCCCOC(=O)Cl.Cc1ccc(N)c(C(=O)O)c1. The molecule has 5 nitrogen and oxygen atoms in total. The molecule has 1 rings (SSSR count). The van der Waals surface area contributed by atoms with Gasteiger partial charge in [0, 0.05) is 17.3 Å². The molecule has 1 aromatic carbocycles. The number of ether oxygens (including phenoxy) is 1. The molecule has 0 radical (unpaired) electrons. The summed E-state index contributed by atoms with van der Waals surface area (Å²) in [5.74, 6) is -0.980. The lowest BCUT2D eigenvalue weighted by Gasteiger charge is -2.00. The number of carboxylic acids is 1. The van der Waals surface area contributed by atoms with Crippen molar-refractivity contribution in [3.63, 3.8) is 0 Å². The van der Waals surface area contributed by atoms with Crippen molar-refractivity contribution in [2.24, 2.45) is 0 Å². The maximum atomic E-state index is 10.5. The fourth-order valence-electron chi connectivity index (χ4n) is 1.54. The second kappa shape index (κ2) is 11.0. The van der Waals surface area contributed by atoms with Crippen molar-refractivity contribution in [3.8, 4) is 0 Å². The topological polar surface area (TPSA) is 89.6 Å². The van der Waals surface area contributed by atoms with E-state index in [1.165, 1.54) is 12.8 Å². The van der Waals surface area contributed by atoms with Crippen LogP contribution in [0.3, 0.4) is 0 Å². The quantitative estimate of drug-likeness (QED) is 0.466. The van der Waals surface area contributed by atoms with Crippen molar-refractivity contribution in [3.05, 3.63) is 29.3 Å². The first-order valence-electron chi connectivity index (χ1n) is 6.80. The molecule has 0 aliphatic rings. The molecule has 0 aliphatic heterocycles. The number of carboxylic acid groups (broad SMARTS) is 1. The van der Waals surface area contributed by atoms with Gasteiger partial charge in [0.15, 0.2) is 0 Å². The highest BCUT2D eigenvalue weighted by molar-refractivity contribution is 6.61. The van der Waals surface area contributed by atoms with Crippen LogP contribution >= 0.6 is 11.6 Å². The Morgan fingerprint density at radius 2 is 1.95 bits per heavy atom. The minimum Gasteiger partial charge on any atom is -0.478 e. The molecule has 0 atom stereocenters. The Bertz CT molecular complexity index is 463. The predicted octanol–water partition coefficient (Wildman–Crippen LogP) is 4.22. The number of rotatable bonds is 6. The zero-order valence-electron chi connectivity index (χ0n) is 12.4. The van der Waals surface area contributed by atoms with Gasteiger partial charge in [-0.3, -0.25) is 0 Å². The molecule has 0 fully saturated rings. The summed E-state index contributed by atoms with van der Waals surface area (Å²) in [6.07, 6.45) is 4.42. The van der Waals surface area contributed by atoms with Crippen molar-refractivity contribution < 1.29 is 19.4 Å². The number of hydrogen-bond donors (Lipinski definition) is 2. The van der Waals surface area contributed by atoms with Gasteiger partial charge in [-0.1, -0.05) is 37.8 Å². The highest BCUT2D eigenvalue weighted by Crippen LogP contribution is 2.12. The van der Waals surface area contributed by atoms with Gasteiger partial charge in [-0.15, -0.1) is 0 Å². The number of nitrogens with two attached hydrogens (primary N) is 1. The van der Waals surface area contributed by atoms with Gasteiger partial charge in [0.1, 0.15) is 0 Å². The Labute approximate surface area is 130 Å². The van der Waals surface area contributed by atoms with Gasteiger partial charge in [-0.25, -0.2) is 9.59 Å². The van der Waals surface area contributed by atoms with E-state index in [9.17, 15) is 9.59 Å². The molecule has 0 heterocycles. The highest BCUT2D eigenvalue weighted by Gasteiger charge is 2.06. The zero-order chi connectivity index (χ0) is 16.3. The normalized spacial score (nSPS) is 9.48. The van der Waals surface area contributed by atoms with Gasteiger partial charge in [0.25, 0.3) is 0 Å². The number of unbranched alkanes of at least 4 members (excludes halogenated alkanes) is 3. The fourth-order valence-corrected chi connectivity index (χ4v) is 1.61. The first kappa shape index (κ1) is 19.2. The average molecular weight is 316 g/mol. The van der Waals surface area contributed by atoms with E-state index in [1.807, 2.05) is 6.92 Å². The van der Waals surface area contributed by atoms with Crippen molar-refractivity contribution in [2.45, 2.75) is 39.5 Å². The monoisotopic (exact) mass is 315 g/mol. The highest BCUT2D eigenvalue weighted by atomic mass is 35.5. The van der Waals surface area contributed by atoms with Gasteiger partial charge in [0.05, 0.1) is 12.2 Å². The van der Waals surface area contributed by atoms with E-state index in [0.717, 1.165) is 18.4 Å². The molecule has 21 heavy (non-hydrogen) atoms. The lowest BCUT2D eigenvalue weighted by atomic mass is 10.1. The fraction of sp³-hybridized carbons (Fsp3) is 0.467. The van der Waals surface area contributed by atoms with E-state index in [4.69, 9.17) is 22.4 Å². The van der Waals surface area contributed by atoms with Crippen LogP contribution in [0.2, 0.25) is 0 Å². The Morgan fingerprint density at radius 3 is 2.43 bits per heavy atom. The number of carbonyl (C=O) groups is 2. The molecule has 0 saturated carbocycles. The average Bonchev–Trinajstić information content (AvgIpc) is 2.41. The second-order valence-electron chi connectivity index (χ2n) is 4.54. The molecule has 0 amide bonds. The molecule has 0 spiro atoms. The second-order valence-corrected chi connectivity index (χ2v) is 4.85. The summed E-state index contributed by atoms with van der Waals surface area (Å²) in [6.45, 7) is 4.42. The van der Waals surface area contributed by atoms with Crippen LogP contribution in [-0.4, -0.2) is 23.1 Å². The van der Waals surface area contributed by atoms with Gasteiger partial charge in [0.2, 0.25) is 0 Å². The molecule has 0 aliphatic carbocycles. The summed E-state index contributed by atoms with van der Waals surface area (Å²) < 4.78 is 4.51. The summed E-state index contributed by atoms with van der Waals surface area (Å²) in [5.41, 5.74) is 6.09. The third-order valence-electron chi connectivity index (χ3n) is 2.65. The van der Waals surface area contributed by atoms with Gasteiger partial charge in [-0.05, 0) is 25.5 Å². The van der Waals surface area contributed by atoms with Crippen LogP contribution in [0.5, 0.6) is 0 Å². The first-order valence-corrected chi connectivity index (χ1v) is 7.18. The van der Waals surface area contributed by atoms with Gasteiger partial charge in [-0.2, -0.15) is 0 Å². The van der Waals surface area contributed by atoms with Gasteiger partial charge >= 0.3 is 11.4 Å². The molecule has 0 bridgehead atoms. The summed E-state index contributed by atoms with van der Waals surface area (Å²) >= 11 is 4.93. The maximum absolute atomic E-state index is 10.5. The van der Waals surface area contributed by atoms with E-state index in [1.54, 1.807) is 18.2 Å². The predicted molar refractivity (Wildman–Crippen MR) is 83.9 cm³/mol. The van der Waals surface area contributed by atoms with E-state index in [-0.39, 0.29) is 5.56 Å². The van der Waals surface area contributed by atoms with Crippen LogP contribution in [0.1, 0.15) is 48.5 Å². The van der Waals surface area contributed by atoms with Crippen molar-refractivity contribution >= 4 is 28.7 Å². The third-order valence-corrected chi connectivity index (χ3v) is 2.76. The summed E-state index contributed by atoms with van der Waals surface area (Å²) in [5, 5.41) is 8.61. The molecule has 3 N–H and O–H groups in total. The number of benzene rings is 1. The summed E-state index contributed by atoms with van der Waals surface area (Å²) in [4.78, 5) is 20.5. The molecule has 0 saturated heterocycles. The number of anilines is 1. The van der Waals surface area contributed by atoms with E-state index >= 15 is 0 Å². The Hall–Kier alpha value is -1.75. The van der Waals surface area contributed by atoms with Crippen LogP contribution in [-0.2, 0) is 4.74 Å². The Kier molecular flexibility index (Phi) is 10.1. The number of nitrogen functional groups attached to an aromatic ring is 1. The lowest BCUT2D eigenvalue weighted by Crippen LogP contribution is -2.02. The zero-order valence-corrected chi connectivity index (χ0v) is 13.2. The van der Waals surface area contributed by atoms with Gasteiger partial charge < -0.3 is 15.6 Å². The van der Waals surface area contributed by atoms with Crippen LogP contribution < -0.4 is 5.73 Å². The Morgan fingerprint density at radius 1 is 1.29 bits per heavy atom. The molecular weight excluding hydrogens is 294 g/mol. The van der Waals surface area contributed by atoms with Crippen molar-refractivity contribution in [2.75, 3.05) is 12.3 Å². The number of carbonyl (C=O) groups excluding carboxylic acids is 1. The molecule has 0 aromatic heterocycles. The molecule has 1 aromatic rings. The number of hydrogen-bond acceptors (Lipinski definition) is 4. The minimum absolute atomic E-state index is 0.171.